The summed E-state index contributed by atoms with van der Waals surface area (Å²) in [5.41, 5.74) is 17.2. The zero-order chi connectivity index (χ0) is 13.0. The number of nitrogens with one attached hydrogen (secondary N) is 1. The fraction of sp³-hybridized carbons (Fsp3) is 0. The van der Waals surface area contributed by atoms with Crippen LogP contribution in [0.1, 0.15) is 11.1 Å². The third kappa shape index (κ3) is 2.41. The molecule has 0 bridgehead atoms. The number of hydrogen-bond donors (Lipinski definition) is 4. The Morgan fingerprint density at radius 2 is 2.06 bits per heavy atom. The Morgan fingerprint density at radius 3 is 2.53 bits per heavy atom. The van der Waals surface area contributed by atoms with E-state index in [1.807, 2.05) is 0 Å². The molecule has 1 aromatic carbocycles. The maximum atomic E-state index is 11.0. The van der Waals surface area contributed by atoms with E-state index < -0.39 is 5.91 Å². The minimum Gasteiger partial charge on any atom is -0.398 e. The molecule has 6 heteroatoms. The highest BCUT2D eigenvalue weighted by molar-refractivity contribution is 6.03. The van der Waals surface area contributed by atoms with Crippen LogP contribution in [0.4, 0.5) is 5.69 Å². The van der Waals surface area contributed by atoms with Gasteiger partial charge in [0.25, 0.3) is 5.91 Å². The maximum Gasteiger partial charge on any atom is 0.261 e. The smallest absolute Gasteiger partial charge is 0.261 e. The monoisotopic (exact) mass is 229 g/mol. The number of carbonyl (C=O) groups excluding carboxylic acids is 1. The first-order chi connectivity index (χ1) is 8.01. The lowest BCUT2D eigenvalue weighted by Gasteiger charge is -2.06. The number of benzene rings is 1. The number of rotatable bonds is 3. The van der Waals surface area contributed by atoms with E-state index in [4.69, 9.17) is 27.9 Å². The van der Waals surface area contributed by atoms with Crippen LogP contribution in [-0.4, -0.2) is 12.1 Å². The van der Waals surface area contributed by atoms with Crippen LogP contribution in [0.2, 0.25) is 0 Å². The van der Waals surface area contributed by atoms with E-state index in [0.717, 1.165) is 6.21 Å². The molecule has 17 heavy (non-hydrogen) atoms. The second-order valence-electron chi connectivity index (χ2n) is 3.25. The highest BCUT2D eigenvalue weighted by atomic mass is 16.1. The highest BCUT2D eigenvalue weighted by Crippen LogP contribution is 2.18. The van der Waals surface area contributed by atoms with Crippen LogP contribution < -0.4 is 17.2 Å². The number of nitrogens with two attached hydrogens (primary N) is 3. The zero-order valence-electron chi connectivity index (χ0n) is 8.90. The van der Waals surface area contributed by atoms with Gasteiger partial charge in [-0.05, 0) is 17.7 Å². The first kappa shape index (κ1) is 12.3. The van der Waals surface area contributed by atoms with Gasteiger partial charge in [0.2, 0.25) is 0 Å². The zero-order valence-corrected chi connectivity index (χ0v) is 8.90. The Bertz CT molecular complexity index is 553. The molecule has 0 aliphatic rings. The number of hydrogen-bond acceptors (Lipinski definition) is 5. The molecule has 0 aliphatic heterocycles. The van der Waals surface area contributed by atoms with Crippen molar-refractivity contribution in [1.29, 1.82) is 10.7 Å². The summed E-state index contributed by atoms with van der Waals surface area (Å²) in [4.78, 5) is 11.0. The standard InChI is InChI=1S/C11H11N5O/c12-4-7-3-6(1-2-9(7)14)10(15)8(5-13)11(16)17/h1-4,12H,14-15H2,(H2,16,17)/b10-8-,12-4?. The van der Waals surface area contributed by atoms with Crippen LogP contribution in [0, 0.1) is 16.7 Å². The number of primary amides is 1. The summed E-state index contributed by atoms with van der Waals surface area (Å²) in [5.74, 6) is -0.891. The molecule has 0 unspecified atom stereocenters. The minimum absolute atomic E-state index is 0.0249. The van der Waals surface area contributed by atoms with Gasteiger partial charge in [-0.1, -0.05) is 6.07 Å². The van der Waals surface area contributed by atoms with Crippen molar-refractivity contribution in [1.82, 2.24) is 0 Å². The van der Waals surface area contributed by atoms with Crippen molar-refractivity contribution in [2.45, 2.75) is 0 Å². The lowest BCUT2D eigenvalue weighted by molar-refractivity contribution is -0.114. The molecule has 86 valence electrons. The van der Waals surface area contributed by atoms with Crippen LogP contribution in [-0.2, 0) is 4.79 Å². The second kappa shape index (κ2) is 4.81. The molecule has 0 saturated heterocycles. The number of nitriles is 1. The molecule has 0 atom stereocenters. The van der Waals surface area contributed by atoms with Crippen molar-refractivity contribution < 1.29 is 4.79 Å². The van der Waals surface area contributed by atoms with Crippen molar-refractivity contribution in [2.75, 3.05) is 5.73 Å². The Morgan fingerprint density at radius 1 is 1.41 bits per heavy atom. The van der Waals surface area contributed by atoms with Crippen molar-refractivity contribution >= 4 is 23.5 Å². The van der Waals surface area contributed by atoms with Crippen LogP contribution in [0.5, 0.6) is 0 Å². The molecule has 1 amide bonds. The molecule has 7 N–H and O–H groups in total. The summed E-state index contributed by atoms with van der Waals surface area (Å²) in [7, 11) is 0. The maximum absolute atomic E-state index is 11.0. The number of nitrogens with zero attached hydrogens (tertiary/aromatic N) is 1. The second-order valence-corrected chi connectivity index (χ2v) is 3.25. The molecule has 0 aliphatic carbocycles. The van der Waals surface area contributed by atoms with Crippen LogP contribution in [0.15, 0.2) is 23.8 Å². The minimum atomic E-state index is -0.891. The molecular weight excluding hydrogens is 218 g/mol. The quantitative estimate of drug-likeness (QED) is 0.249. The summed E-state index contributed by atoms with van der Waals surface area (Å²) in [5, 5.41) is 15.9. The Kier molecular flexibility index (Phi) is 3.47. The third-order valence-electron chi connectivity index (χ3n) is 2.18. The van der Waals surface area contributed by atoms with Gasteiger partial charge in [-0.25, -0.2) is 0 Å². The summed E-state index contributed by atoms with van der Waals surface area (Å²) >= 11 is 0. The van der Waals surface area contributed by atoms with Crippen molar-refractivity contribution in [2.24, 2.45) is 11.5 Å². The Labute approximate surface area is 97.8 Å². The van der Waals surface area contributed by atoms with E-state index in [9.17, 15) is 4.79 Å². The molecule has 0 aromatic heterocycles. The first-order valence-electron chi connectivity index (χ1n) is 4.61. The van der Waals surface area contributed by atoms with E-state index >= 15 is 0 Å². The fourth-order valence-electron chi connectivity index (χ4n) is 1.26. The van der Waals surface area contributed by atoms with E-state index in [1.165, 1.54) is 6.07 Å². The van der Waals surface area contributed by atoms with Gasteiger partial charge in [0.1, 0.15) is 11.6 Å². The van der Waals surface area contributed by atoms with E-state index in [2.05, 4.69) is 0 Å². The van der Waals surface area contributed by atoms with Gasteiger partial charge < -0.3 is 22.6 Å². The summed E-state index contributed by atoms with van der Waals surface area (Å²) in [6.45, 7) is 0. The van der Waals surface area contributed by atoms with Crippen LogP contribution in [0.3, 0.4) is 0 Å². The van der Waals surface area contributed by atoms with Gasteiger partial charge in [0.05, 0.1) is 5.70 Å². The highest BCUT2D eigenvalue weighted by Gasteiger charge is 2.11. The molecule has 0 radical (unpaired) electrons. The Hall–Kier alpha value is -2.81. The fourth-order valence-corrected chi connectivity index (χ4v) is 1.26. The number of amides is 1. The average Bonchev–Trinajstić information content (AvgIpc) is 2.29. The predicted octanol–water partition coefficient (Wildman–Crippen LogP) is -0.0548. The normalized spacial score (nSPS) is 11.2. The van der Waals surface area contributed by atoms with E-state index in [0.29, 0.717) is 16.8 Å². The van der Waals surface area contributed by atoms with Gasteiger partial charge in [-0.3, -0.25) is 4.79 Å². The summed E-state index contributed by atoms with van der Waals surface area (Å²) in [6, 6.07) is 6.25. The van der Waals surface area contributed by atoms with Gasteiger partial charge in [0, 0.05) is 17.5 Å². The molecule has 0 saturated carbocycles. The molecule has 6 nitrogen and oxygen atoms in total. The molecule has 1 aromatic rings. The van der Waals surface area contributed by atoms with Crippen molar-refractivity contribution in [3.8, 4) is 6.07 Å². The first-order valence-corrected chi connectivity index (χ1v) is 4.61. The van der Waals surface area contributed by atoms with Crippen LogP contribution >= 0.6 is 0 Å². The van der Waals surface area contributed by atoms with Crippen LogP contribution in [0.25, 0.3) is 5.70 Å². The molecule has 0 spiro atoms. The molecular formula is C11H11N5O. The number of nitrogen functional groups attached to an aromatic ring is 1. The predicted molar refractivity (Wildman–Crippen MR) is 64.7 cm³/mol. The van der Waals surface area contributed by atoms with Gasteiger partial charge in [0.15, 0.2) is 0 Å². The Balaban J connectivity index is 3.40. The molecule has 0 fully saturated rings. The van der Waals surface area contributed by atoms with Gasteiger partial charge in [-0.2, -0.15) is 5.26 Å². The molecule has 0 heterocycles. The third-order valence-corrected chi connectivity index (χ3v) is 2.18. The van der Waals surface area contributed by atoms with Gasteiger partial charge >= 0.3 is 0 Å². The SMILES string of the molecule is N#C/C(C(N)=O)=C(/N)c1ccc(N)c(C=N)c1. The average molecular weight is 229 g/mol. The summed E-state index contributed by atoms with van der Waals surface area (Å²) in [6.07, 6.45) is 1.06. The van der Waals surface area contributed by atoms with E-state index in [1.54, 1.807) is 18.2 Å². The van der Waals surface area contributed by atoms with Crippen molar-refractivity contribution in [3.05, 3.63) is 34.9 Å². The lowest BCUT2D eigenvalue weighted by atomic mass is 10.0. The summed E-state index contributed by atoms with van der Waals surface area (Å²) < 4.78 is 0. The van der Waals surface area contributed by atoms with E-state index in [-0.39, 0.29) is 11.3 Å². The lowest BCUT2D eigenvalue weighted by Crippen LogP contribution is -2.17. The molecule has 1 rings (SSSR count). The number of anilines is 1. The number of carbonyl (C=O) groups is 1. The largest absolute Gasteiger partial charge is 0.398 e. The van der Waals surface area contributed by atoms with Gasteiger partial charge in [-0.15, -0.1) is 0 Å². The topological polar surface area (TPSA) is 143 Å². The van der Waals surface area contributed by atoms with Crippen molar-refractivity contribution in [3.63, 3.8) is 0 Å².